The van der Waals surface area contributed by atoms with E-state index in [0.717, 1.165) is 18.7 Å². The van der Waals surface area contributed by atoms with Gasteiger partial charge in [-0.25, -0.2) is 8.78 Å². The average Bonchev–Trinajstić information content (AvgIpc) is 3.01. The first-order valence-electron chi connectivity index (χ1n) is 9.44. The van der Waals surface area contributed by atoms with E-state index in [0.29, 0.717) is 17.1 Å². The standard InChI is InChI=1S/C21H16Cl2F2N4O/c1-30-11-7-10(8-11)21-28-27-16-9-26-20(17-13(24)3-2-4-14(17)25)18-15(29(16)21)6-5-12(22)19(18)23/h2-6,10-11H,7-9H2,1H3. The quantitative estimate of drug-likeness (QED) is 0.560. The van der Waals surface area contributed by atoms with Crippen LogP contribution in [0, 0.1) is 11.6 Å². The van der Waals surface area contributed by atoms with Crippen LogP contribution in [0.15, 0.2) is 35.3 Å². The van der Waals surface area contributed by atoms with E-state index < -0.39 is 11.6 Å². The molecule has 1 aliphatic carbocycles. The van der Waals surface area contributed by atoms with Crippen molar-refractivity contribution in [1.29, 1.82) is 0 Å². The van der Waals surface area contributed by atoms with Gasteiger partial charge in [0, 0.05) is 18.6 Å². The summed E-state index contributed by atoms with van der Waals surface area (Å²) in [7, 11) is 1.69. The fraction of sp³-hybridized carbons (Fsp3) is 0.286. The number of ether oxygens (including phenoxy) is 1. The number of fused-ring (bicyclic) bond motifs is 3. The summed E-state index contributed by atoms with van der Waals surface area (Å²) < 4.78 is 36.6. The van der Waals surface area contributed by atoms with E-state index in [1.54, 1.807) is 19.2 Å². The van der Waals surface area contributed by atoms with Crippen molar-refractivity contribution < 1.29 is 13.5 Å². The Bertz CT molecular complexity index is 1170. The molecule has 0 unspecified atom stereocenters. The highest BCUT2D eigenvalue weighted by Crippen LogP contribution is 2.41. The second-order valence-electron chi connectivity index (χ2n) is 7.35. The summed E-state index contributed by atoms with van der Waals surface area (Å²) in [5.41, 5.74) is 0.814. The molecule has 0 radical (unpaired) electrons. The second kappa shape index (κ2) is 7.41. The first-order chi connectivity index (χ1) is 14.5. The van der Waals surface area contributed by atoms with Crippen LogP contribution in [-0.4, -0.2) is 33.7 Å². The molecule has 2 heterocycles. The van der Waals surface area contributed by atoms with Gasteiger partial charge in [-0.1, -0.05) is 29.3 Å². The molecule has 0 bridgehead atoms. The molecular weight excluding hydrogens is 433 g/mol. The fourth-order valence-electron chi connectivity index (χ4n) is 4.04. The van der Waals surface area contributed by atoms with E-state index in [1.165, 1.54) is 18.2 Å². The van der Waals surface area contributed by atoms with Gasteiger partial charge in [0.1, 0.15) is 24.0 Å². The Morgan fingerprint density at radius 2 is 1.77 bits per heavy atom. The van der Waals surface area contributed by atoms with Crippen molar-refractivity contribution in [2.45, 2.75) is 31.4 Å². The van der Waals surface area contributed by atoms with Gasteiger partial charge in [-0.2, -0.15) is 0 Å². The van der Waals surface area contributed by atoms with Crippen molar-refractivity contribution in [1.82, 2.24) is 14.8 Å². The lowest BCUT2D eigenvalue weighted by Crippen LogP contribution is -2.30. The third kappa shape index (κ3) is 2.95. The van der Waals surface area contributed by atoms with E-state index in [1.807, 2.05) is 4.57 Å². The smallest absolute Gasteiger partial charge is 0.159 e. The Morgan fingerprint density at radius 1 is 1.03 bits per heavy atom. The number of hydrogen-bond donors (Lipinski definition) is 0. The Hall–Kier alpha value is -2.35. The molecule has 2 aromatic carbocycles. The monoisotopic (exact) mass is 448 g/mol. The molecule has 2 aliphatic rings. The number of methoxy groups -OCH3 is 1. The van der Waals surface area contributed by atoms with E-state index in [9.17, 15) is 8.78 Å². The molecule has 3 aromatic rings. The lowest BCUT2D eigenvalue weighted by molar-refractivity contribution is 0.0232. The SMILES string of the molecule is COC1CC(c2nnc3n2-c2ccc(Cl)c(Cl)c2C(c2c(F)cccc2F)=NC3)C1. The summed E-state index contributed by atoms with van der Waals surface area (Å²) in [5.74, 6) is 0.0250. The van der Waals surface area contributed by atoms with Crippen LogP contribution in [0.1, 0.15) is 41.5 Å². The highest BCUT2D eigenvalue weighted by Gasteiger charge is 2.37. The summed E-state index contributed by atoms with van der Waals surface area (Å²) in [4.78, 5) is 4.49. The van der Waals surface area contributed by atoms with E-state index in [4.69, 9.17) is 27.9 Å². The molecule has 1 fully saturated rings. The molecule has 0 atom stereocenters. The Balaban J connectivity index is 1.73. The minimum absolute atomic E-state index is 0.0964. The summed E-state index contributed by atoms with van der Waals surface area (Å²) in [6, 6.07) is 7.09. The van der Waals surface area contributed by atoms with Gasteiger partial charge in [0.2, 0.25) is 0 Å². The highest BCUT2D eigenvalue weighted by molar-refractivity contribution is 6.45. The van der Waals surface area contributed by atoms with Gasteiger partial charge in [-0.05, 0) is 37.1 Å². The van der Waals surface area contributed by atoms with Crippen molar-refractivity contribution in [2.24, 2.45) is 4.99 Å². The molecule has 5 nitrogen and oxygen atoms in total. The summed E-state index contributed by atoms with van der Waals surface area (Å²) >= 11 is 12.8. The minimum atomic E-state index is -0.726. The first kappa shape index (κ1) is 19.6. The van der Waals surface area contributed by atoms with Crippen LogP contribution in [0.5, 0.6) is 0 Å². The first-order valence-corrected chi connectivity index (χ1v) is 10.2. The molecule has 154 valence electrons. The molecule has 0 spiro atoms. The molecule has 9 heteroatoms. The van der Waals surface area contributed by atoms with Gasteiger partial charge < -0.3 is 4.74 Å². The predicted octanol–water partition coefficient (Wildman–Crippen LogP) is 5.10. The van der Waals surface area contributed by atoms with E-state index in [-0.39, 0.29) is 39.9 Å². The van der Waals surface area contributed by atoms with Gasteiger partial charge in [0.05, 0.1) is 33.1 Å². The number of hydrogen-bond acceptors (Lipinski definition) is 4. The maximum absolute atomic E-state index is 14.7. The fourth-order valence-corrected chi connectivity index (χ4v) is 4.44. The van der Waals surface area contributed by atoms with Crippen molar-refractivity contribution in [3.8, 4) is 5.69 Å². The lowest BCUT2D eigenvalue weighted by Gasteiger charge is -2.33. The zero-order valence-electron chi connectivity index (χ0n) is 15.9. The van der Waals surface area contributed by atoms with Gasteiger partial charge in [0.25, 0.3) is 0 Å². The molecule has 1 aliphatic heterocycles. The third-order valence-electron chi connectivity index (χ3n) is 5.68. The van der Waals surface area contributed by atoms with Crippen molar-refractivity contribution in [2.75, 3.05) is 7.11 Å². The van der Waals surface area contributed by atoms with Gasteiger partial charge in [0.15, 0.2) is 5.82 Å². The van der Waals surface area contributed by atoms with Gasteiger partial charge in [-0.15, -0.1) is 10.2 Å². The topological polar surface area (TPSA) is 52.3 Å². The van der Waals surface area contributed by atoms with Crippen LogP contribution in [0.2, 0.25) is 10.0 Å². The normalized spacial score (nSPS) is 20.1. The van der Waals surface area contributed by atoms with Crippen molar-refractivity contribution >= 4 is 28.9 Å². The van der Waals surface area contributed by atoms with Crippen LogP contribution in [-0.2, 0) is 11.3 Å². The molecule has 5 rings (SSSR count). The second-order valence-corrected chi connectivity index (χ2v) is 8.14. The van der Waals surface area contributed by atoms with E-state index in [2.05, 4.69) is 15.2 Å². The number of nitrogens with zero attached hydrogens (tertiary/aromatic N) is 4. The predicted molar refractivity (Wildman–Crippen MR) is 110 cm³/mol. The van der Waals surface area contributed by atoms with Crippen LogP contribution < -0.4 is 0 Å². The number of aliphatic imine (C=N–C) groups is 1. The average molecular weight is 449 g/mol. The number of rotatable bonds is 3. The van der Waals surface area contributed by atoms with E-state index >= 15 is 0 Å². The van der Waals surface area contributed by atoms with Gasteiger partial charge >= 0.3 is 0 Å². The highest BCUT2D eigenvalue weighted by atomic mass is 35.5. The van der Waals surface area contributed by atoms with Crippen LogP contribution in [0.25, 0.3) is 5.69 Å². The molecule has 30 heavy (non-hydrogen) atoms. The zero-order chi connectivity index (χ0) is 21.0. The third-order valence-corrected chi connectivity index (χ3v) is 6.48. The molecule has 0 saturated heterocycles. The summed E-state index contributed by atoms with van der Waals surface area (Å²) in [5, 5.41) is 9.11. The zero-order valence-corrected chi connectivity index (χ0v) is 17.4. The Morgan fingerprint density at radius 3 is 2.47 bits per heavy atom. The lowest BCUT2D eigenvalue weighted by atomic mass is 9.81. The molecule has 0 N–H and O–H groups in total. The van der Waals surface area contributed by atoms with Gasteiger partial charge in [-0.3, -0.25) is 9.56 Å². The molecule has 1 saturated carbocycles. The number of halogens is 4. The van der Waals surface area contributed by atoms with Crippen LogP contribution >= 0.6 is 23.2 Å². The molecular formula is C21H16Cl2F2N4O. The molecule has 1 aromatic heterocycles. The minimum Gasteiger partial charge on any atom is -0.381 e. The maximum atomic E-state index is 14.7. The number of aromatic nitrogens is 3. The largest absolute Gasteiger partial charge is 0.381 e. The van der Waals surface area contributed by atoms with Crippen LogP contribution in [0.4, 0.5) is 8.78 Å². The maximum Gasteiger partial charge on any atom is 0.159 e. The van der Waals surface area contributed by atoms with Crippen molar-refractivity contribution in [3.05, 3.63) is 74.8 Å². The van der Waals surface area contributed by atoms with Crippen molar-refractivity contribution in [3.63, 3.8) is 0 Å². The Labute approximate surface area is 181 Å². The Kier molecular flexibility index (Phi) is 4.84. The van der Waals surface area contributed by atoms with Crippen LogP contribution in [0.3, 0.4) is 0 Å². The summed E-state index contributed by atoms with van der Waals surface area (Å²) in [6.07, 6.45) is 1.82. The number of benzene rings is 2. The molecule has 0 amide bonds. The summed E-state index contributed by atoms with van der Waals surface area (Å²) in [6.45, 7) is 0.0964.